The van der Waals surface area contributed by atoms with Crippen LogP contribution in [0.25, 0.3) is 127 Å². The van der Waals surface area contributed by atoms with Crippen LogP contribution in [-0.4, -0.2) is 4.40 Å². The molecule has 11 aromatic rings. The van der Waals surface area contributed by atoms with Crippen LogP contribution in [0.1, 0.15) is 0 Å². The number of para-hydroxylation sites is 1. The fraction of sp³-hybridized carbons (Fsp3) is 0. The second kappa shape index (κ2) is 10.7. The summed E-state index contributed by atoms with van der Waals surface area (Å²) in [6, 6.07) is 70.5. The molecule has 252 valence electrons. The zero-order chi connectivity index (χ0) is 35.8. The lowest BCUT2D eigenvalue weighted by molar-refractivity contribution is 1.37. The quantitative estimate of drug-likeness (QED) is 0.149. The van der Waals surface area contributed by atoms with Crippen LogP contribution < -0.4 is 0 Å². The van der Waals surface area contributed by atoms with Gasteiger partial charge in [-0.3, -0.25) is 0 Å². The van der Waals surface area contributed by atoms with E-state index in [9.17, 15) is 0 Å². The third kappa shape index (κ3) is 3.82. The normalized spacial score (nSPS) is 12.4. The molecule has 0 N–H and O–H groups in total. The van der Waals surface area contributed by atoms with E-state index in [4.69, 9.17) is 0 Å². The van der Waals surface area contributed by atoms with E-state index < -0.39 is 0 Å². The second-order valence-electron chi connectivity index (χ2n) is 15.1. The molecule has 0 unspecified atom stereocenters. The van der Waals surface area contributed by atoms with Crippen molar-refractivity contribution in [3.8, 4) is 89.0 Å². The molecule has 0 saturated heterocycles. The maximum Gasteiger partial charge on any atom is 0.0620 e. The topological polar surface area (TPSA) is 4.41 Å². The highest BCUT2D eigenvalue weighted by atomic mass is 14.9. The van der Waals surface area contributed by atoms with E-state index in [0.717, 1.165) is 0 Å². The monoisotopic (exact) mass is 693 g/mol. The Bertz CT molecular complexity index is 3210. The van der Waals surface area contributed by atoms with Gasteiger partial charge in [0.05, 0.1) is 16.6 Å². The number of hydrogen-bond acceptors (Lipinski definition) is 0. The van der Waals surface area contributed by atoms with Gasteiger partial charge in [0.15, 0.2) is 0 Å². The van der Waals surface area contributed by atoms with Gasteiger partial charge < -0.3 is 4.40 Å². The number of benzene rings is 9. The highest BCUT2D eigenvalue weighted by molar-refractivity contribution is 6.26. The Labute approximate surface area is 318 Å². The SMILES string of the molecule is c1ccc2c(c1)-c1ccccc1-c1cc3c4cccc5c6cc7c(cc6n(c3cc1-c1ccccc1-2)c45)-c1ccccc1-c1ccccc1-c1ccccc1-7. The van der Waals surface area contributed by atoms with Gasteiger partial charge >= 0.3 is 0 Å². The Morgan fingerprint density at radius 2 is 0.436 bits per heavy atom. The molecule has 1 nitrogen and oxygen atoms in total. The molecule has 0 saturated carbocycles. The van der Waals surface area contributed by atoms with Crippen molar-refractivity contribution in [2.45, 2.75) is 0 Å². The minimum atomic E-state index is 1.24. The lowest BCUT2D eigenvalue weighted by atomic mass is 9.80. The molecule has 2 aromatic heterocycles. The summed E-state index contributed by atoms with van der Waals surface area (Å²) in [6.07, 6.45) is 0. The molecule has 2 heterocycles. The fourth-order valence-electron chi connectivity index (χ4n) is 10.2. The number of hydrogen-bond donors (Lipinski definition) is 0. The summed E-state index contributed by atoms with van der Waals surface area (Å²) < 4.78 is 2.57. The van der Waals surface area contributed by atoms with Gasteiger partial charge in [0, 0.05) is 21.5 Å². The zero-order valence-corrected chi connectivity index (χ0v) is 29.8. The molecule has 0 atom stereocenters. The lowest BCUT2D eigenvalue weighted by Gasteiger charge is -2.23. The minimum Gasteiger partial charge on any atom is -0.308 e. The molecular formula is C54H31N. The summed E-state index contributed by atoms with van der Waals surface area (Å²) in [7, 11) is 0. The Hall–Kier alpha value is -7.22. The van der Waals surface area contributed by atoms with Gasteiger partial charge in [-0.25, -0.2) is 0 Å². The maximum absolute atomic E-state index is 2.57. The minimum absolute atomic E-state index is 1.24. The van der Waals surface area contributed by atoms with Crippen LogP contribution in [0.15, 0.2) is 188 Å². The standard InChI is InChI=1S/C54H31N/c1-3-16-34-32(14-1)36-18-5-9-22-40(36)46-28-50-44-26-13-27-45-51-29-47-41-23-10-6-19-37(41)33-15-2-4-17-35(33)39-21-8-12-25-43(39)49(47)31-53(51)55(54(44)45)52(50)30-48(46)42-24-11-7-20-38(34)42/h1-31H. The number of fused-ring (bicyclic) bond motifs is 22. The first-order valence-corrected chi connectivity index (χ1v) is 19.2. The van der Waals surface area contributed by atoms with Gasteiger partial charge in [0.25, 0.3) is 0 Å². The van der Waals surface area contributed by atoms with Crippen LogP contribution in [-0.2, 0) is 0 Å². The number of aromatic nitrogens is 1. The predicted octanol–water partition coefficient (Wildman–Crippen LogP) is 14.8. The molecule has 0 aliphatic heterocycles. The molecule has 9 aromatic carbocycles. The van der Waals surface area contributed by atoms with Crippen LogP contribution >= 0.6 is 0 Å². The summed E-state index contributed by atoms with van der Waals surface area (Å²) >= 11 is 0. The lowest BCUT2D eigenvalue weighted by Crippen LogP contribution is -1.98. The average Bonchev–Trinajstić information content (AvgIpc) is 3.76. The van der Waals surface area contributed by atoms with E-state index in [1.165, 1.54) is 127 Å². The van der Waals surface area contributed by atoms with Crippen LogP contribution in [0, 0.1) is 0 Å². The summed E-state index contributed by atoms with van der Waals surface area (Å²) in [5, 5.41) is 5.16. The Morgan fingerprint density at radius 1 is 0.200 bits per heavy atom. The fourth-order valence-corrected chi connectivity index (χ4v) is 10.2. The predicted molar refractivity (Wildman–Crippen MR) is 232 cm³/mol. The molecule has 0 bridgehead atoms. The summed E-state index contributed by atoms with van der Waals surface area (Å²) in [6.45, 7) is 0. The molecule has 0 spiro atoms. The average molecular weight is 694 g/mol. The number of nitrogens with zero attached hydrogens (tertiary/aromatic N) is 1. The molecule has 2 aliphatic rings. The van der Waals surface area contributed by atoms with Crippen LogP contribution in [0.3, 0.4) is 0 Å². The van der Waals surface area contributed by atoms with Crippen molar-refractivity contribution in [1.29, 1.82) is 0 Å². The van der Waals surface area contributed by atoms with Crippen molar-refractivity contribution in [2.75, 3.05) is 0 Å². The summed E-state index contributed by atoms with van der Waals surface area (Å²) in [5.41, 5.74) is 24.1. The van der Waals surface area contributed by atoms with Crippen LogP contribution in [0.4, 0.5) is 0 Å². The molecule has 0 fully saturated rings. The van der Waals surface area contributed by atoms with Gasteiger partial charge in [0.2, 0.25) is 0 Å². The van der Waals surface area contributed by atoms with Crippen molar-refractivity contribution in [2.24, 2.45) is 0 Å². The highest BCUT2D eigenvalue weighted by Crippen LogP contribution is 2.53. The van der Waals surface area contributed by atoms with E-state index in [0.29, 0.717) is 0 Å². The van der Waals surface area contributed by atoms with Crippen molar-refractivity contribution in [3.05, 3.63) is 188 Å². The molecule has 55 heavy (non-hydrogen) atoms. The first kappa shape index (κ1) is 29.3. The van der Waals surface area contributed by atoms with E-state index in [1.54, 1.807) is 0 Å². The Kier molecular flexibility index (Phi) is 5.69. The summed E-state index contributed by atoms with van der Waals surface area (Å²) in [5.74, 6) is 0. The third-order valence-corrected chi connectivity index (χ3v) is 12.5. The van der Waals surface area contributed by atoms with E-state index in [1.807, 2.05) is 0 Å². The smallest absolute Gasteiger partial charge is 0.0620 e. The first-order chi connectivity index (χ1) is 27.3. The largest absolute Gasteiger partial charge is 0.308 e. The van der Waals surface area contributed by atoms with Crippen molar-refractivity contribution < 1.29 is 0 Å². The first-order valence-electron chi connectivity index (χ1n) is 19.2. The van der Waals surface area contributed by atoms with Crippen LogP contribution in [0.2, 0.25) is 0 Å². The van der Waals surface area contributed by atoms with Gasteiger partial charge in [-0.2, -0.15) is 0 Å². The van der Waals surface area contributed by atoms with Crippen molar-refractivity contribution >= 4 is 38.1 Å². The molecule has 2 aliphatic carbocycles. The molecule has 13 rings (SSSR count). The van der Waals surface area contributed by atoms with Gasteiger partial charge in [-0.15, -0.1) is 0 Å². The van der Waals surface area contributed by atoms with Gasteiger partial charge in [-0.1, -0.05) is 164 Å². The molecular weight excluding hydrogens is 663 g/mol. The van der Waals surface area contributed by atoms with Crippen molar-refractivity contribution in [1.82, 2.24) is 4.40 Å². The van der Waals surface area contributed by atoms with Gasteiger partial charge in [0.1, 0.15) is 0 Å². The zero-order valence-electron chi connectivity index (χ0n) is 29.8. The third-order valence-electron chi connectivity index (χ3n) is 12.5. The maximum atomic E-state index is 2.57. The van der Waals surface area contributed by atoms with Crippen LogP contribution in [0.5, 0.6) is 0 Å². The Balaban J connectivity index is 1.19. The molecule has 0 amide bonds. The van der Waals surface area contributed by atoms with Crippen molar-refractivity contribution in [3.63, 3.8) is 0 Å². The second-order valence-corrected chi connectivity index (χ2v) is 15.1. The Morgan fingerprint density at radius 3 is 0.709 bits per heavy atom. The number of rotatable bonds is 0. The highest BCUT2D eigenvalue weighted by Gasteiger charge is 2.27. The van der Waals surface area contributed by atoms with E-state index in [-0.39, 0.29) is 0 Å². The molecule has 1 heteroatoms. The van der Waals surface area contributed by atoms with E-state index in [2.05, 4.69) is 192 Å². The molecule has 0 radical (unpaired) electrons. The van der Waals surface area contributed by atoms with E-state index >= 15 is 0 Å². The van der Waals surface area contributed by atoms with Gasteiger partial charge in [-0.05, 0) is 113 Å². The summed E-state index contributed by atoms with van der Waals surface area (Å²) in [4.78, 5) is 0.